The molecular weight excluding hydrogens is 218 g/mol. The first-order valence-electron chi connectivity index (χ1n) is 6.30. The predicted molar refractivity (Wildman–Crippen MR) is 78.5 cm³/mol. The molecular formula is C17H13N. The molecule has 1 N–H and O–H groups in total. The first-order chi connectivity index (χ1) is 8.93. The smallest absolute Gasteiger partial charge is 0.0471 e. The van der Waals surface area contributed by atoms with E-state index in [0.717, 1.165) is 6.42 Å². The second kappa shape index (κ2) is 3.61. The van der Waals surface area contributed by atoms with Gasteiger partial charge in [-0.3, -0.25) is 0 Å². The molecule has 0 saturated carbocycles. The Morgan fingerprint density at radius 2 is 1.78 bits per heavy atom. The van der Waals surface area contributed by atoms with Gasteiger partial charge in [-0.1, -0.05) is 48.6 Å². The molecule has 1 aliphatic rings. The van der Waals surface area contributed by atoms with Crippen LogP contribution in [0.2, 0.25) is 0 Å². The summed E-state index contributed by atoms with van der Waals surface area (Å²) < 4.78 is 0. The fourth-order valence-electron chi connectivity index (χ4n) is 2.77. The van der Waals surface area contributed by atoms with Crippen LogP contribution in [-0.4, -0.2) is 4.98 Å². The van der Waals surface area contributed by atoms with Crippen LogP contribution in [0.3, 0.4) is 0 Å². The molecule has 1 heteroatoms. The zero-order chi connectivity index (χ0) is 11.9. The van der Waals surface area contributed by atoms with Gasteiger partial charge < -0.3 is 4.98 Å². The Morgan fingerprint density at radius 3 is 2.78 bits per heavy atom. The molecule has 0 radical (unpaired) electrons. The van der Waals surface area contributed by atoms with E-state index in [4.69, 9.17) is 0 Å². The first-order valence-corrected chi connectivity index (χ1v) is 6.30. The van der Waals surface area contributed by atoms with Gasteiger partial charge in [-0.2, -0.15) is 0 Å². The van der Waals surface area contributed by atoms with E-state index in [1.165, 1.54) is 32.9 Å². The van der Waals surface area contributed by atoms with Crippen LogP contribution in [0.4, 0.5) is 0 Å². The highest BCUT2D eigenvalue weighted by atomic mass is 14.7. The minimum absolute atomic E-state index is 1.01. The molecule has 1 aliphatic carbocycles. The number of aromatic nitrogens is 1. The lowest BCUT2D eigenvalue weighted by molar-refractivity contribution is 1.41. The van der Waals surface area contributed by atoms with Gasteiger partial charge in [-0.15, -0.1) is 0 Å². The van der Waals surface area contributed by atoms with E-state index >= 15 is 0 Å². The molecule has 0 aliphatic heterocycles. The SMILES string of the molecule is C1=Cc2[nH]c3ccc4ccccc4c3c2C=CC1. The van der Waals surface area contributed by atoms with Gasteiger partial charge in [0.25, 0.3) is 0 Å². The number of benzene rings is 2. The van der Waals surface area contributed by atoms with Crippen molar-refractivity contribution in [1.29, 1.82) is 0 Å². The van der Waals surface area contributed by atoms with Gasteiger partial charge in [-0.25, -0.2) is 0 Å². The van der Waals surface area contributed by atoms with Crippen molar-refractivity contribution < 1.29 is 0 Å². The third-order valence-corrected chi connectivity index (χ3v) is 3.60. The van der Waals surface area contributed by atoms with Gasteiger partial charge in [0, 0.05) is 22.2 Å². The fourth-order valence-corrected chi connectivity index (χ4v) is 2.77. The van der Waals surface area contributed by atoms with Crippen molar-refractivity contribution in [1.82, 2.24) is 4.98 Å². The van der Waals surface area contributed by atoms with E-state index < -0.39 is 0 Å². The number of allylic oxidation sites excluding steroid dienone is 2. The summed E-state index contributed by atoms with van der Waals surface area (Å²) in [4.78, 5) is 3.51. The highest BCUT2D eigenvalue weighted by molar-refractivity contribution is 6.11. The Kier molecular flexibility index (Phi) is 1.95. The van der Waals surface area contributed by atoms with Crippen LogP contribution < -0.4 is 0 Å². The lowest BCUT2D eigenvalue weighted by Gasteiger charge is -2.00. The minimum Gasteiger partial charge on any atom is -0.355 e. The molecule has 1 heterocycles. The normalized spacial score (nSPS) is 14.0. The maximum atomic E-state index is 3.51. The van der Waals surface area contributed by atoms with Crippen LogP contribution in [0.25, 0.3) is 33.8 Å². The van der Waals surface area contributed by atoms with Crippen molar-refractivity contribution in [2.75, 3.05) is 0 Å². The summed E-state index contributed by atoms with van der Waals surface area (Å²) in [5, 5.41) is 3.96. The second-order valence-electron chi connectivity index (χ2n) is 4.70. The highest BCUT2D eigenvalue weighted by Gasteiger charge is 2.10. The number of fused-ring (bicyclic) bond motifs is 5. The molecule has 0 saturated heterocycles. The number of hydrogen-bond acceptors (Lipinski definition) is 0. The topological polar surface area (TPSA) is 15.8 Å². The summed E-state index contributed by atoms with van der Waals surface area (Å²) in [6.07, 6.45) is 9.84. The number of rotatable bonds is 0. The molecule has 2 aromatic carbocycles. The number of nitrogens with one attached hydrogen (secondary N) is 1. The molecule has 18 heavy (non-hydrogen) atoms. The average molecular weight is 231 g/mol. The van der Waals surface area contributed by atoms with Crippen molar-refractivity contribution in [2.24, 2.45) is 0 Å². The van der Waals surface area contributed by atoms with Crippen LogP contribution in [0, 0.1) is 0 Å². The number of H-pyrrole nitrogens is 1. The monoisotopic (exact) mass is 231 g/mol. The summed E-state index contributed by atoms with van der Waals surface area (Å²) in [5.74, 6) is 0. The third-order valence-electron chi connectivity index (χ3n) is 3.60. The molecule has 1 nitrogen and oxygen atoms in total. The van der Waals surface area contributed by atoms with Crippen LogP contribution in [-0.2, 0) is 0 Å². The highest BCUT2D eigenvalue weighted by Crippen LogP contribution is 2.32. The number of hydrogen-bond donors (Lipinski definition) is 1. The van der Waals surface area contributed by atoms with E-state index in [0.29, 0.717) is 0 Å². The Labute approximate surface area is 105 Å². The van der Waals surface area contributed by atoms with E-state index in [2.05, 4.69) is 65.7 Å². The zero-order valence-corrected chi connectivity index (χ0v) is 9.98. The van der Waals surface area contributed by atoms with Gasteiger partial charge in [-0.05, 0) is 29.3 Å². The van der Waals surface area contributed by atoms with Crippen LogP contribution in [0.5, 0.6) is 0 Å². The van der Waals surface area contributed by atoms with E-state index in [1.54, 1.807) is 0 Å². The molecule has 0 atom stereocenters. The van der Waals surface area contributed by atoms with Crippen molar-refractivity contribution >= 4 is 33.8 Å². The molecule has 0 amide bonds. The quantitative estimate of drug-likeness (QED) is 0.574. The summed E-state index contributed by atoms with van der Waals surface area (Å²) in [6, 6.07) is 12.9. The molecule has 86 valence electrons. The van der Waals surface area contributed by atoms with Crippen molar-refractivity contribution in [3.05, 3.63) is 59.8 Å². The van der Waals surface area contributed by atoms with Crippen molar-refractivity contribution in [3.63, 3.8) is 0 Å². The van der Waals surface area contributed by atoms with Crippen LogP contribution >= 0.6 is 0 Å². The maximum Gasteiger partial charge on any atom is 0.0471 e. The van der Waals surface area contributed by atoms with E-state index in [9.17, 15) is 0 Å². The number of aromatic amines is 1. The molecule has 0 fully saturated rings. The van der Waals surface area contributed by atoms with Gasteiger partial charge >= 0.3 is 0 Å². The standard InChI is InChI=1S/C17H13N/c1-2-8-14-15(9-3-1)18-16-11-10-12-6-4-5-7-13(12)17(14)16/h2-11,18H,1H2. The Bertz CT molecular complexity index is 803. The summed E-state index contributed by atoms with van der Waals surface area (Å²) in [7, 11) is 0. The lowest BCUT2D eigenvalue weighted by atomic mass is 10.0. The predicted octanol–water partition coefficient (Wildman–Crippen LogP) is 4.75. The summed E-state index contributed by atoms with van der Waals surface area (Å²) >= 11 is 0. The van der Waals surface area contributed by atoms with Crippen LogP contribution in [0.1, 0.15) is 17.7 Å². The van der Waals surface area contributed by atoms with Gasteiger partial charge in [0.15, 0.2) is 0 Å². The van der Waals surface area contributed by atoms with Crippen molar-refractivity contribution in [2.45, 2.75) is 6.42 Å². The molecule has 0 bridgehead atoms. The summed E-state index contributed by atoms with van der Waals surface area (Å²) in [6.45, 7) is 0. The van der Waals surface area contributed by atoms with Crippen LogP contribution in [0.15, 0.2) is 48.6 Å². The average Bonchev–Trinajstić information content (AvgIpc) is 2.61. The summed E-state index contributed by atoms with van der Waals surface area (Å²) in [5.41, 5.74) is 3.75. The third kappa shape index (κ3) is 1.28. The van der Waals surface area contributed by atoms with Gasteiger partial charge in [0.2, 0.25) is 0 Å². The second-order valence-corrected chi connectivity index (χ2v) is 4.70. The molecule has 3 aromatic rings. The minimum atomic E-state index is 1.01. The molecule has 4 rings (SSSR count). The first kappa shape index (κ1) is 9.72. The van der Waals surface area contributed by atoms with Gasteiger partial charge in [0.1, 0.15) is 0 Å². The molecule has 1 aromatic heterocycles. The van der Waals surface area contributed by atoms with Crippen molar-refractivity contribution in [3.8, 4) is 0 Å². The Balaban J connectivity index is 2.24. The Hall–Kier alpha value is -2.28. The molecule has 0 unspecified atom stereocenters. The van der Waals surface area contributed by atoms with E-state index in [-0.39, 0.29) is 0 Å². The fraction of sp³-hybridized carbons (Fsp3) is 0.0588. The largest absolute Gasteiger partial charge is 0.355 e. The lowest BCUT2D eigenvalue weighted by Crippen LogP contribution is -1.76. The van der Waals surface area contributed by atoms with Gasteiger partial charge in [0.05, 0.1) is 0 Å². The maximum absolute atomic E-state index is 3.51. The zero-order valence-electron chi connectivity index (χ0n) is 9.98. The molecule has 0 spiro atoms. The Morgan fingerprint density at radius 1 is 0.889 bits per heavy atom. The van der Waals surface area contributed by atoms with E-state index in [1.807, 2.05) is 0 Å².